The number of hydrogen-bond donors (Lipinski definition) is 0. The number of benzene rings is 1. The molecule has 0 aliphatic carbocycles. The minimum Gasteiger partial charge on any atom is -0.491 e. The maximum absolute atomic E-state index is 13.2. The Kier molecular flexibility index (Phi) is 5.77. The lowest BCUT2D eigenvalue weighted by atomic mass is 9.96. The van der Waals surface area contributed by atoms with Gasteiger partial charge in [-0.1, -0.05) is 12.1 Å². The van der Waals surface area contributed by atoms with Crippen molar-refractivity contribution in [3.63, 3.8) is 0 Å². The number of methoxy groups -OCH3 is 2. The summed E-state index contributed by atoms with van der Waals surface area (Å²) in [6, 6.07) is 5.97. The van der Waals surface area contributed by atoms with E-state index < -0.39 is 5.97 Å². The van der Waals surface area contributed by atoms with Gasteiger partial charge >= 0.3 is 5.97 Å². The van der Waals surface area contributed by atoms with E-state index in [2.05, 4.69) is 4.98 Å². The fourth-order valence-corrected chi connectivity index (χ4v) is 3.22. The van der Waals surface area contributed by atoms with Crippen LogP contribution in [0, 0.1) is 5.82 Å². The molecule has 0 N–H and O–H groups in total. The summed E-state index contributed by atoms with van der Waals surface area (Å²) in [6.07, 6.45) is 0.407. The van der Waals surface area contributed by atoms with Crippen molar-refractivity contribution < 1.29 is 28.2 Å². The molecule has 3 rings (SSSR count). The molecule has 1 amide bonds. The molecule has 0 spiro atoms. The normalized spacial score (nSPS) is 13.1. The average Bonchev–Trinajstić information content (AvgIpc) is 2.70. The van der Waals surface area contributed by atoms with Gasteiger partial charge in [-0.25, -0.2) is 14.2 Å². The lowest BCUT2D eigenvalue weighted by molar-refractivity contribution is 0.0515. The van der Waals surface area contributed by atoms with Gasteiger partial charge in [0.25, 0.3) is 11.8 Å². The molecule has 1 aliphatic rings. The van der Waals surface area contributed by atoms with Crippen LogP contribution in [0.25, 0.3) is 0 Å². The summed E-state index contributed by atoms with van der Waals surface area (Å²) in [5, 5.41) is 0. The Morgan fingerprint density at radius 3 is 2.54 bits per heavy atom. The molecule has 0 unspecified atom stereocenters. The van der Waals surface area contributed by atoms with Gasteiger partial charge in [-0.15, -0.1) is 0 Å². The highest BCUT2D eigenvalue weighted by Crippen LogP contribution is 2.37. The number of pyridine rings is 1. The van der Waals surface area contributed by atoms with Gasteiger partial charge in [-0.05, 0) is 31.0 Å². The highest BCUT2D eigenvalue weighted by atomic mass is 19.1. The number of aromatic nitrogens is 1. The second kappa shape index (κ2) is 8.24. The number of ether oxygens (including phenoxy) is 3. The van der Waals surface area contributed by atoms with E-state index >= 15 is 0 Å². The number of hydrogen-bond acceptors (Lipinski definition) is 6. The highest BCUT2D eigenvalue weighted by Gasteiger charge is 2.35. The molecule has 1 aliphatic heterocycles. The van der Waals surface area contributed by atoms with Crippen LogP contribution in [0.4, 0.5) is 4.39 Å². The van der Waals surface area contributed by atoms with Crippen LogP contribution >= 0.6 is 0 Å². The smallest absolute Gasteiger partial charge is 0.357 e. The molecule has 1 aromatic heterocycles. The molecule has 7 nitrogen and oxygen atoms in total. The van der Waals surface area contributed by atoms with Crippen molar-refractivity contribution in [2.24, 2.45) is 0 Å². The zero-order valence-corrected chi connectivity index (χ0v) is 16.0. The monoisotopic (exact) mass is 388 g/mol. The van der Waals surface area contributed by atoms with Gasteiger partial charge in [0.2, 0.25) is 0 Å². The molecule has 0 fully saturated rings. The van der Waals surface area contributed by atoms with E-state index in [1.807, 2.05) is 0 Å². The summed E-state index contributed by atoms with van der Waals surface area (Å²) in [7, 11) is 2.80. The maximum Gasteiger partial charge on any atom is 0.357 e. The van der Waals surface area contributed by atoms with E-state index in [1.165, 1.54) is 26.4 Å². The number of carbonyl (C=O) groups is 2. The SMILES string of the molecule is CCOC(=O)c1nc(OC)c(OC)c2c1CCN(Cc1ccc(F)cc1)C2=O. The summed E-state index contributed by atoms with van der Waals surface area (Å²) in [4.78, 5) is 31.4. The Hall–Kier alpha value is -3.16. The number of esters is 1. The van der Waals surface area contributed by atoms with Crippen molar-refractivity contribution in [1.29, 1.82) is 0 Å². The number of halogens is 1. The third kappa shape index (κ3) is 3.62. The largest absolute Gasteiger partial charge is 0.491 e. The van der Waals surface area contributed by atoms with Crippen molar-refractivity contribution in [2.75, 3.05) is 27.4 Å². The van der Waals surface area contributed by atoms with E-state index in [1.54, 1.807) is 24.0 Å². The standard InChI is InChI=1S/C20H21FN2O5/c1-4-28-20(25)16-14-9-10-23(11-12-5-7-13(21)8-6-12)19(24)15(14)17(26-2)18(22-16)27-3/h5-8H,4,9-11H2,1-3H3. The maximum atomic E-state index is 13.2. The number of nitrogens with zero attached hydrogens (tertiary/aromatic N) is 2. The fraction of sp³-hybridized carbons (Fsp3) is 0.350. The summed E-state index contributed by atoms with van der Waals surface area (Å²) in [5.74, 6) is -1.04. The molecule has 148 valence electrons. The van der Waals surface area contributed by atoms with Crippen LogP contribution in [0.5, 0.6) is 11.6 Å². The fourth-order valence-electron chi connectivity index (χ4n) is 3.22. The van der Waals surface area contributed by atoms with E-state index in [4.69, 9.17) is 14.2 Å². The first kappa shape index (κ1) is 19.6. The lowest BCUT2D eigenvalue weighted by Gasteiger charge is -2.30. The van der Waals surface area contributed by atoms with Gasteiger partial charge in [0, 0.05) is 18.7 Å². The molecule has 28 heavy (non-hydrogen) atoms. The molecule has 2 heterocycles. The molecular weight excluding hydrogens is 367 g/mol. The van der Waals surface area contributed by atoms with Crippen LogP contribution in [0.1, 0.15) is 38.9 Å². The van der Waals surface area contributed by atoms with Crippen molar-refractivity contribution in [2.45, 2.75) is 19.9 Å². The molecule has 0 saturated carbocycles. The Balaban J connectivity index is 2.03. The summed E-state index contributed by atoms with van der Waals surface area (Å²) in [5.41, 5.74) is 1.58. The molecule has 0 atom stereocenters. The van der Waals surface area contributed by atoms with Crippen molar-refractivity contribution in [1.82, 2.24) is 9.88 Å². The molecule has 0 saturated heterocycles. The van der Waals surface area contributed by atoms with Crippen LogP contribution in [-0.2, 0) is 17.7 Å². The van der Waals surface area contributed by atoms with E-state index in [-0.39, 0.29) is 41.2 Å². The Morgan fingerprint density at radius 2 is 1.93 bits per heavy atom. The van der Waals surface area contributed by atoms with Gasteiger partial charge in [0.05, 0.1) is 26.4 Å². The Morgan fingerprint density at radius 1 is 1.21 bits per heavy atom. The molecule has 8 heteroatoms. The molecule has 1 aromatic carbocycles. The zero-order valence-electron chi connectivity index (χ0n) is 16.0. The lowest BCUT2D eigenvalue weighted by Crippen LogP contribution is -2.38. The van der Waals surface area contributed by atoms with Gasteiger partial charge in [0.15, 0.2) is 11.4 Å². The van der Waals surface area contributed by atoms with Crippen molar-refractivity contribution in [3.8, 4) is 11.6 Å². The minimum absolute atomic E-state index is 0.0429. The van der Waals surface area contributed by atoms with E-state index in [9.17, 15) is 14.0 Å². The number of carbonyl (C=O) groups excluding carboxylic acids is 2. The highest BCUT2D eigenvalue weighted by molar-refractivity contribution is 6.03. The molecule has 2 aromatic rings. The summed E-state index contributed by atoms with van der Waals surface area (Å²) < 4.78 is 28.8. The number of rotatable bonds is 6. The molecule has 0 bridgehead atoms. The van der Waals surface area contributed by atoms with Crippen LogP contribution in [0.3, 0.4) is 0 Å². The summed E-state index contributed by atoms with van der Waals surface area (Å²) >= 11 is 0. The number of fused-ring (bicyclic) bond motifs is 1. The average molecular weight is 388 g/mol. The van der Waals surface area contributed by atoms with Crippen LogP contribution in [0.2, 0.25) is 0 Å². The van der Waals surface area contributed by atoms with Gasteiger partial charge < -0.3 is 19.1 Å². The predicted octanol–water partition coefficient (Wildman–Crippen LogP) is 2.61. The van der Waals surface area contributed by atoms with Gasteiger partial charge in [-0.2, -0.15) is 0 Å². The second-order valence-corrected chi connectivity index (χ2v) is 6.18. The topological polar surface area (TPSA) is 78.0 Å². The Bertz CT molecular complexity index is 898. The van der Waals surface area contributed by atoms with Crippen molar-refractivity contribution >= 4 is 11.9 Å². The van der Waals surface area contributed by atoms with Gasteiger partial charge in [0.1, 0.15) is 5.82 Å². The third-order valence-electron chi connectivity index (χ3n) is 4.51. The summed E-state index contributed by atoms with van der Waals surface area (Å²) in [6.45, 7) is 2.57. The van der Waals surface area contributed by atoms with Gasteiger partial charge in [-0.3, -0.25) is 4.79 Å². The quantitative estimate of drug-likeness (QED) is 0.708. The Labute approximate surface area is 162 Å². The third-order valence-corrected chi connectivity index (χ3v) is 4.51. The van der Waals surface area contributed by atoms with Crippen LogP contribution < -0.4 is 9.47 Å². The van der Waals surface area contributed by atoms with Crippen molar-refractivity contribution in [3.05, 3.63) is 52.5 Å². The van der Waals surface area contributed by atoms with Crippen LogP contribution in [0.15, 0.2) is 24.3 Å². The first-order valence-corrected chi connectivity index (χ1v) is 8.85. The minimum atomic E-state index is -0.612. The second-order valence-electron chi connectivity index (χ2n) is 6.18. The van der Waals surface area contributed by atoms with E-state index in [0.29, 0.717) is 25.1 Å². The zero-order chi connectivity index (χ0) is 20.3. The first-order chi connectivity index (χ1) is 13.5. The van der Waals surface area contributed by atoms with Crippen LogP contribution in [-0.4, -0.2) is 49.1 Å². The first-order valence-electron chi connectivity index (χ1n) is 8.85. The van der Waals surface area contributed by atoms with E-state index in [0.717, 1.165) is 5.56 Å². The number of amides is 1. The molecular formula is C20H21FN2O5. The predicted molar refractivity (Wildman–Crippen MR) is 98.1 cm³/mol. The molecule has 0 radical (unpaired) electrons.